The topological polar surface area (TPSA) is 24.9 Å². The maximum Gasteiger partial charge on any atom is 0.0798 e. The van der Waals surface area contributed by atoms with Gasteiger partial charge in [0, 0.05) is 10.9 Å². The Morgan fingerprint density at radius 3 is 2.47 bits per heavy atom. The fourth-order valence-corrected chi connectivity index (χ4v) is 3.09. The first-order valence-corrected chi connectivity index (χ1v) is 7.74. The molecule has 0 aromatic carbocycles. The molecule has 0 bridgehead atoms. The van der Waals surface area contributed by atoms with Crippen LogP contribution in [0.15, 0.2) is 5.51 Å². The van der Waals surface area contributed by atoms with Crippen molar-refractivity contribution in [3.63, 3.8) is 0 Å². The van der Waals surface area contributed by atoms with Crippen LogP contribution in [-0.2, 0) is 0 Å². The maximum absolute atomic E-state index is 4.38. The number of rotatable bonds is 8. The maximum atomic E-state index is 4.38. The fourth-order valence-electron chi connectivity index (χ4n) is 2.20. The van der Waals surface area contributed by atoms with Crippen LogP contribution in [0.1, 0.15) is 63.1 Å². The van der Waals surface area contributed by atoms with E-state index in [0.29, 0.717) is 6.04 Å². The molecule has 1 heterocycles. The molecule has 0 aliphatic rings. The lowest BCUT2D eigenvalue weighted by molar-refractivity contribution is 0.373. The Labute approximate surface area is 110 Å². The van der Waals surface area contributed by atoms with E-state index in [2.05, 4.69) is 38.0 Å². The highest BCUT2D eigenvalue weighted by Crippen LogP contribution is 2.29. The average Bonchev–Trinajstić information content (AvgIpc) is 2.76. The van der Waals surface area contributed by atoms with Crippen molar-refractivity contribution in [3.05, 3.63) is 16.1 Å². The number of thiazole rings is 1. The monoisotopic (exact) mass is 254 g/mol. The summed E-state index contributed by atoms with van der Waals surface area (Å²) in [7, 11) is 0. The molecule has 1 rings (SSSR count). The lowest BCUT2D eigenvalue weighted by Crippen LogP contribution is -2.24. The molecule has 17 heavy (non-hydrogen) atoms. The average molecular weight is 254 g/mol. The van der Waals surface area contributed by atoms with E-state index in [4.69, 9.17) is 0 Å². The summed E-state index contributed by atoms with van der Waals surface area (Å²) in [4.78, 5) is 5.82. The van der Waals surface area contributed by atoms with Gasteiger partial charge in [-0.1, -0.05) is 33.6 Å². The van der Waals surface area contributed by atoms with Crippen molar-refractivity contribution < 1.29 is 0 Å². The SMILES string of the molecule is CCCNC(CC(CC)CC)c1scnc1C. The van der Waals surface area contributed by atoms with Gasteiger partial charge in [0.25, 0.3) is 0 Å². The summed E-state index contributed by atoms with van der Waals surface area (Å²) in [5.41, 5.74) is 3.17. The van der Waals surface area contributed by atoms with Crippen molar-refractivity contribution in [2.24, 2.45) is 5.92 Å². The number of nitrogens with one attached hydrogen (secondary N) is 1. The minimum Gasteiger partial charge on any atom is -0.309 e. The predicted molar refractivity (Wildman–Crippen MR) is 76.6 cm³/mol. The molecule has 2 nitrogen and oxygen atoms in total. The lowest BCUT2D eigenvalue weighted by atomic mass is 9.93. The summed E-state index contributed by atoms with van der Waals surface area (Å²) in [6, 6.07) is 0.507. The zero-order valence-corrected chi connectivity index (χ0v) is 12.4. The second-order valence-electron chi connectivity index (χ2n) is 4.73. The van der Waals surface area contributed by atoms with Gasteiger partial charge in [-0.2, -0.15) is 0 Å². The third-order valence-electron chi connectivity index (χ3n) is 3.46. The van der Waals surface area contributed by atoms with Crippen molar-refractivity contribution in [2.75, 3.05) is 6.54 Å². The van der Waals surface area contributed by atoms with Gasteiger partial charge in [0.15, 0.2) is 0 Å². The molecule has 1 N–H and O–H groups in total. The van der Waals surface area contributed by atoms with Crippen molar-refractivity contribution in [1.82, 2.24) is 10.3 Å². The van der Waals surface area contributed by atoms with Crippen molar-refractivity contribution in [2.45, 2.75) is 59.4 Å². The normalized spacial score (nSPS) is 13.2. The molecule has 3 heteroatoms. The number of aryl methyl sites for hydroxylation is 1. The van der Waals surface area contributed by atoms with Gasteiger partial charge in [0.2, 0.25) is 0 Å². The molecule has 0 saturated carbocycles. The molecule has 0 radical (unpaired) electrons. The zero-order chi connectivity index (χ0) is 12.7. The van der Waals surface area contributed by atoms with Gasteiger partial charge in [-0.25, -0.2) is 4.98 Å². The fraction of sp³-hybridized carbons (Fsp3) is 0.786. The van der Waals surface area contributed by atoms with Crippen LogP contribution >= 0.6 is 11.3 Å². The predicted octanol–water partition coefficient (Wildman–Crippen LogP) is 4.32. The van der Waals surface area contributed by atoms with Gasteiger partial charge in [-0.05, 0) is 32.2 Å². The van der Waals surface area contributed by atoms with E-state index in [1.54, 1.807) is 11.3 Å². The van der Waals surface area contributed by atoms with Crippen LogP contribution in [0.4, 0.5) is 0 Å². The molecule has 1 unspecified atom stereocenters. The number of hydrogen-bond acceptors (Lipinski definition) is 3. The van der Waals surface area contributed by atoms with Crippen LogP contribution in [-0.4, -0.2) is 11.5 Å². The first kappa shape index (κ1) is 14.7. The van der Waals surface area contributed by atoms with Crippen LogP contribution in [0, 0.1) is 12.8 Å². The molecule has 0 amide bonds. The van der Waals surface area contributed by atoms with Crippen LogP contribution < -0.4 is 5.32 Å². The molecular formula is C14H26N2S. The van der Waals surface area contributed by atoms with Gasteiger partial charge in [-0.3, -0.25) is 0 Å². The van der Waals surface area contributed by atoms with Gasteiger partial charge in [-0.15, -0.1) is 11.3 Å². The van der Waals surface area contributed by atoms with Crippen molar-refractivity contribution in [3.8, 4) is 0 Å². The molecule has 1 aromatic heterocycles. The Bertz CT molecular complexity index is 305. The molecule has 0 fully saturated rings. The summed E-state index contributed by atoms with van der Waals surface area (Å²) >= 11 is 1.80. The summed E-state index contributed by atoms with van der Waals surface area (Å²) in [5, 5.41) is 3.68. The molecule has 0 spiro atoms. The number of hydrogen-bond donors (Lipinski definition) is 1. The van der Waals surface area contributed by atoms with E-state index in [1.165, 1.54) is 36.3 Å². The summed E-state index contributed by atoms with van der Waals surface area (Å²) < 4.78 is 0. The second-order valence-corrected chi connectivity index (χ2v) is 5.61. The lowest BCUT2D eigenvalue weighted by Gasteiger charge is -2.22. The van der Waals surface area contributed by atoms with Crippen LogP contribution in [0.2, 0.25) is 0 Å². The molecule has 0 aliphatic carbocycles. The molecular weight excluding hydrogens is 228 g/mol. The van der Waals surface area contributed by atoms with E-state index >= 15 is 0 Å². The van der Waals surface area contributed by atoms with E-state index in [9.17, 15) is 0 Å². The Balaban J connectivity index is 2.70. The summed E-state index contributed by atoms with van der Waals surface area (Å²) in [6.45, 7) is 10.0. The summed E-state index contributed by atoms with van der Waals surface area (Å²) in [5.74, 6) is 0.825. The van der Waals surface area contributed by atoms with E-state index in [-0.39, 0.29) is 0 Å². The second kappa shape index (κ2) is 7.83. The van der Waals surface area contributed by atoms with E-state index < -0.39 is 0 Å². The highest BCUT2D eigenvalue weighted by molar-refractivity contribution is 7.09. The minimum absolute atomic E-state index is 0.507. The number of nitrogens with zero attached hydrogens (tertiary/aromatic N) is 1. The largest absolute Gasteiger partial charge is 0.309 e. The minimum atomic E-state index is 0.507. The zero-order valence-electron chi connectivity index (χ0n) is 11.6. The Hall–Kier alpha value is -0.410. The molecule has 1 atom stereocenters. The highest BCUT2D eigenvalue weighted by atomic mass is 32.1. The quantitative estimate of drug-likeness (QED) is 0.747. The van der Waals surface area contributed by atoms with Crippen LogP contribution in [0.5, 0.6) is 0 Å². The van der Waals surface area contributed by atoms with Crippen molar-refractivity contribution in [1.29, 1.82) is 0 Å². The molecule has 1 aromatic rings. The summed E-state index contributed by atoms with van der Waals surface area (Å²) in [6.07, 6.45) is 4.99. The third-order valence-corrected chi connectivity index (χ3v) is 4.51. The Kier molecular flexibility index (Phi) is 6.75. The standard InChI is InChI=1S/C14H26N2S/c1-5-8-15-13(9-12(6-2)7-3)14-11(4)16-10-17-14/h10,12-13,15H,5-9H2,1-4H3. The molecule has 0 aliphatic heterocycles. The smallest absolute Gasteiger partial charge is 0.0798 e. The van der Waals surface area contributed by atoms with Gasteiger partial charge >= 0.3 is 0 Å². The molecule has 98 valence electrons. The third kappa shape index (κ3) is 4.40. The van der Waals surface area contributed by atoms with Crippen molar-refractivity contribution >= 4 is 11.3 Å². The van der Waals surface area contributed by atoms with Crippen LogP contribution in [0.25, 0.3) is 0 Å². The van der Waals surface area contributed by atoms with Gasteiger partial charge in [0.1, 0.15) is 0 Å². The van der Waals surface area contributed by atoms with Gasteiger partial charge < -0.3 is 5.32 Å². The first-order chi connectivity index (χ1) is 8.22. The van der Waals surface area contributed by atoms with Gasteiger partial charge in [0.05, 0.1) is 11.2 Å². The Morgan fingerprint density at radius 1 is 1.29 bits per heavy atom. The molecule has 0 saturated heterocycles. The van der Waals surface area contributed by atoms with Crippen LogP contribution in [0.3, 0.4) is 0 Å². The van der Waals surface area contributed by atoms with E-state index in [0.717, 1.165) is 12.5 Å². The first-order valence-electron chi connectivity index (χ1n) is 6.86. The van der Waals surface area contributed by atoms with E-state index in [1.807, 2.05) is 5.51 Å². The number of aromatic nitrogens is 1. The highest BCUT2D eigenvalue weighted by Gasteiger charge is 2.18. The Morgan fingerprint density at radius 2 is 2.00 bits per heavy atom.